The summed E-state index contributed by atoms with van der Waals surface area (Å²) >= 11 is 1.50. The molecule has 122 valence electrons. The third kappa shape index (κ3) is 3.57. The number of aryl methyl sites for hydroxylation is 2. The fraction of sp³-hybridized carbons (Fsp3) is 0.211. The fourth-order valence-corrected chi connectivity index (χ4v) is 3.12. The van der Waals surface area contributed by atoms with Gasteiger partial charge in [0.1, 0.15) is 6.29 Å². The second kappa shape index (κ2) is 7.01. The molecule has 1 atom stereocenters. The van der Waals surface area contributed by atoms with E-state index in [0.29, 0.717) is 16.7 Å². The van der Waals surface area contributed by atoms with Crippen LogP contribution in [0.4, 0.5) is 0 Å². The summed E-state index contributed by atoms with van der Waals surface area (Å²) in [6.45, 7) is 6.21. The first kappa shape index (κ1) is 16.5. The van der Waals surface area contributed by atoms with Gasteiger partial charge in [-0.3, -0.25) is 4.79 Å². The summed E-state index contributed by atoms with van der Waals surface area (Å²) in [6, 6.07) is 13.6. The summed E-state index contributed by atoms with van der Waals surface area (Å²) in [4.78, 5) is 10.7. The van der Waals surface area contributed by atoms with Crippen LogP contribution in [0.1, 0.15) is 39.2 Å². The molecule has 1 heterocycles. The number of carbonyl (C=O) groups is 1. The first-order valence-corrected chi connectivity index (χ1v) is 8.57. The molecule has 0 radical (unpaired) electrons. The Labute approximate surface area is 145 Å². The monoisotopic (exact) mass is 338 g/mol. The third-order valence-electron chi connectivity index (χ3n) is 3.98. The van der Waals surface area contributed by atoms with Crippen molar-refractivity contribution in [1.29, 1.82) is 0 Å². The van der Waals surface area contributed by atoms with E-state index in [0.717, 1.165) is 17.4 Å². The van der Waals surface area contributed by atoms with E-state index in [1.165, 1.54) is 22.9 Å². The van der Waals surface area contributed by atoms with Gasteiger partial charge >= 0.3 is 0 Å². The normalized spacial score (nSPS) is 12.1. The zero-order valence-corrected chi connectivity index (χ0v) is 14.6. The van der Waals surface area contributed by atoms with Crippen LogP contribution in [0.25, 0.3) is 11.5 Å². The molecular weight excluding hydrogens is 320 g/mol. The molecule has 1 aromatic heterocycles. The van der Waals surface area contributed by atoms with E-state index in [1.807, 2.05) is 30.3 Å². The number of hydrogen-bond acceptors (Lipinski definition) is 5. The van der Waals surface area contributed by atoms with E-state index in [2.05, 4.69) is 43.1 Å². The van der Waals surface area contributed by atoms with Crippen LogP contribution in [-0.4, -0.2) is 16.5 Å². The van der Waals surface area contributed by atoms with Crippen molar-refractivity contribution in [2.45, 2.75) is 31.2 Å². The minimum atomic E-state index is 0.152. The number of aldehydes is 1. The molecule has 4 nitrogen and oxygen atoms in total. The van der Waals surface area contributed by atoms with Gasteiger partial charge in [-0.25, -0.2) is 0 Å². The van der Waals surface area contributed by atoms with Crippen molar-refractivity contribution in [2.24, 2.45) is 0 Å². The number of benzene rings is 2. The zero-order valence-electron chi connectivity index (χ0n) is 13.8. The Morgan fingerprint density at radius 3 is 2.46 bits per heavy atom. The fourth-order valence-electron chi connectivity index (χ4n) is 2.31. The molecule has 3 aromatic rings. The molecule has 0 aliphatic heterocycles. The van der Waals surface area contributed by atoms with E-state index < -0.39 is 0 Å². The summed E-state index contributed by atoms with van der Waals surface area (Å²) in [5, 5.41) is 8.97. The molecule has 1 unspecified atom stereocenters. The van der Waals surface area contributed by atoms with Gasteiger partial charge in [-0.15, -0.1) is 10.2 Å². The highest BCUT2D eigenvalue weighted by atomic mass is 32.2. The molecule has 0 amide bonds. The number of carbonyl (C=O) groups excluding carboxylic acids is 1. The topological polar surface area (TPSA) is 56.0 Å². The Kier molecular flexibility index (Phi) is 4.81. The SMILES string of the molecule is Cc1ccc(-c2nnc(SC(C)c3ccc(C=O)cc3)o2)cc1C. The smallest absolute Gasteiger partial charge is 0.277 e. The number of thioether (sulfide) groups is 1. The molecule has 0 saturated carbocycles. The average molecular weight is 338 g/mol. The Balaban J connectivity index is 1.75. The van der Waals surface area contributed by atoms with Gasteiger partial charge in [0.2, 0.25) is 5.89 Å². The van der Waals surface area contributed by atoms with Crippen molar-refractivity contribution >= 4 is 18.0 Å². The van der Waals surface area contributed by atoms with Crippen LogP contribution in [0.5, 0.6) is 0 Å². The van der Waals surface area contributed by atoms with E-state index in [4.69, 9.17) is 4.42 Å². The number of nitrogens with zero attached hydrogens (tertiary/aromatic N) is 2. The summed E-state index contributed by atoms with van der Waals surface area (Å²) < 4.78 is 5.79. The molecule has 0 bridgehead atoms. The number of hydrogen-bond donors (Lipinski definition) is 0. The Bertz CT molecular complexity index is 856. The van der Waals surface area contributed by atoms with Crippen molar-refractivity contribution in [1.82, 2.24) is 10.2 Å². The number of aromatic nitrogens is 2. The van der Waals surface area contributed by atoms with E-state index in [1.54, 1.807) is 0 Å². The van der Waals surface area contributed by atoms with Crippen molar-refractivity contribution in [3.05, 3.63) is 64.7 Å². The van der Waals surface area contributed by atoms with Gasteiger partial charge in [-0.05, 0) is 49.6 Å². The first-order chi connectivity index (χ1) is 11.6. The average Bonchev–Trinajstić information content (AvgIpc) is 3.06. The van der Waals surface area contributed by atoms with Crippen LogP contribution < -0.4 is 0 Å². The number of rotatable bonds is 5. The largest absolute Gasteiger partial charge is 0.411 e. The molecule has 0 N–H and O–H groups in total. The highest BCUT2D eigenvalue weighted by molar-refractivity contribution is 7.99. The first-order valence-electron chi connectivity index (χ1n) is 7.70. The predicted molar refractivity (Wildman–Crippen MR) is 95.3 cm³/mol. The molecule has 2 aromatic carbocycles. The van der Waals surface area contributed by atoms with Gasteiger partial charge in [0, 0.05) is 16.4 Å². The summed E-state index contributed by atoms with van der Waals surface area (Å²) in [5.41, 5.74) is 5.14. The van der Waals surface area contributed by atoms with Crippen LogP contribution in [0.3, 0.4) is 0 Å². The second-order valence-corrected chi connectivity index (χ2v) is 7.01. The lowest BCUT2D eigenvalue weighted by Gasteiger charge is -2.08. The van der Waals surface area contributed by atoms with E-state index in [-0.39, 0.29) is 5.25 Å². The van der Waals surface area contributed by atoms with Gasteiger partial charge in [-0.1, -0.05) is 42.1 Å². The van der Waals surface area contributed by atoms with Gasteiger partial charge in [0.15, 0.2) is 0 Å². The van der Waals surface area contributed by atoms with Crippen LogP contribution in [0, 0.1) is 13.8 Å². The quantitative estimate of drug-likeness (QED) is 0.483. The van der Waals surface area contributed by atoms with Crippen molar-refractivity contribution in [2.75, 3.05) is 0 Å². The Morgan fingerprint density at radius 2 is 1.79 bits per heavy atom. The standard InChI is InChI=1S/C19H18N2O2S/c1-12-4-7-17(10-13(12)2)18-20-21-19(23-18)24-14(3)16-8-5-15(11-22)6-9-16/h4-11,14H,1-3H3. The maximum absolute atomic E-state index is 10.7. The van der Waals surface area contributed by atoms with Crippen molar-refractivity contribution < 1.29 is 9.21 Å². The zero-order chi connectivity index (χ0) is 17.1. The summed E-state index contributed by atoms with van der Waals surface area (Å²) in [6.07, 6.45) is 0.843. The van der Waals surface area contributed by atoms with Crippen LogP contribution in [0.15, 0.2) is 52.1 Å². The molecular formula is C19H18N2O2S. The Morgan fingerprint density at radius 1 is 1.04 bits per heavy atom. The molecule has 0 aliphatic carbocycles. The predicted octanol–water partition coefficient (Wildman–Crippen LogP) is 5.02. The molecule has 3 rings (SSSR count). The lowest BCUT2D eigenvalue weighted by molar-refractivity contribution is 0.112. The maximum atomic E-state index is 10.7. The van der Waals surface area contributed by atoms with Crippen LogP contribution in [-0.2, 0) is 0 Å². The van der Waals surface area contributed by atoms with Crippen molar-refractivity contribution in [3.63, 3.8) is 0 Å². The molecule has 5 heteroatoms. The maximum Gasteiger partial charge on any atom is 0.277 e. The Hall–Kier alpha value is -2.40. The van der Waals surface area contributed by atoms with Crippen molar-refractivity contribution in [3.8, 4) is 11.5 Å². The highest BCUT2D eigenvalue weighted by Crippen LogP contribution is 2.35. The molecule has 0 fully saturated rings. The lowest BCUT2D eigenvalue weighted by Crippen LogP contribution is -1.89. The van der Waals surface area contributed by atoms with Crippen LogP contribution in [0.2, 0.25) is 0 Å². The third-order valence-corrected chi connectivity index (χ3v) is 4.97. The minimum Gasteiger partial charge on any atom is -0.411 e. The summed E-state index contributed by atoms with van der Waals surface area (Å²) in [5.74, 6) is 0.532. The molecule has 0 aliphatic rings. The van der Waals surface area contributed by atoms with Gasteiger partial charge in [-0.2, -0.15) is 0 Å². The minimum absolute atomic E-state index is 0.152. The highest BCUT2D eigenvalue weighted by Gasteiger charge is 2.14. The van der Waals surface area contributed by atoms with Gasteiger partial charge in [0.25, 0.3) is 5.22 Å². The lowest BCUT2D eigenvalue weighted by atomic mass is 10.1. The van der Waals surface area contributed by atoms with Gasteiger partial charge in [0.05, 0.1) is 0 Å². The van der Waals surface area contributed by atoms with Crippen LogP contribution >= 0.6 is 11.8 Å². The second-order valence-electron chi connectivity index (χ2n) is 5.72. The molecule has 24 heavy (non-hydrogen) atoms. The van der Waals surface area contributed by atoms with E-state index in [9.17, 15) is 4.79 Å². The molecule has 0 spiro atoms. The van der Waals surface area contributed by atoms with E-state index >= 15 is 0 Å². The molecule has 0 saturated heterocycles. The van der Waals surface area contributed by atoms with Gasteiger partial charge < -0.3 is 4.42 Å². The summed E-state index contributed by atoms with van der Waals surface area (Å²) in [7, 11) is 0.